The number of carbonyl (C=O) groups is 1. The fraction of sp³-hybridized carbons (Fsp3) is 0.158. The summed E-state index contributed by atoms with van der Waals surface area (Å²) in [7, 11) is 3.31. The summed E-state index contributed by atoms with van der Waals surface area (Å²) in [4.78, 5) is 23.1. The molecule has 3 rings (SSSR count). The third-order valence-electron chi connectivity index (χ3n) is 4.36. The first-order chi connectivity index (χ1) is 12.9. The van der Waals surface area contributed by atoms with E-state index in [2.05, 4.69) is 0 Å². The highest BCUT2D eigenvalue weighted by molar-refractivity contribution is 5.95. The Morgan fingerprint density at radius 1 is 1.25 bits per heavy atom. The molecular weight excluding hydrogens is 428 g/mol. The summed E-state index contributed by atoms with van der Waals surface area (Å²) in [6.07, 6.45) is 1.72. The third-order valence-corrected chi connectivity index (χ3v) is 4.36. The molecule has 0 amide bonds. The lowest BCUT2D eigenvalue weighted by atomic mass is 10.1. The molecule has 0 atom stereocenters. The van der Waals surface area contributed by atoms with Crippen molar-refractivity contribution in [2.45, 2.75) is 6.54 Å². The van der Waals surface area contributed by atoms with Crippen molar-refractivity contribution in [1.82, 2.24) is 4.57 Å². The standard InChI is InChI=1S/C19H18N4O4.BrH/c1-21-17(14-4-3-5-15(10-14)23(25)26)11-22(19(21)20)12-18(24)13-6-8-16(27-2)9-7-13;/h3-11,20H,12H2,1-2H3;1H. The zero-order chi connectivity index (χ0) is 19.6. The molecule has 3 aromatic rings. The van der Waals surface area contributed by atoms with Gasteiger partial charge in [0, 0.05) is 23.3 Å². The van der Waals surface area contributed by atoms with E-state index in [9.17, 15) is 14.9 Å². The molecule has 0 bridgehead atoms. The van der Waals surface area contributed by atoms with E-state index in [0.29, 0.717) is 28.5 Å². The van der Waals surface area contributed by atoms with Crippen LogP contribution in [0.5, 0.6) is 5.75 Å². The molecule has 0 radical (unpaired) electrons. The van der Waals surface area contributed by atoms with Crippen LogP contribution in [0.15, 0.2) is 54.7 Å². The highest BCUT2D eigenvalue weighted by Gasteiger charge is 2.21. The van der Waals surface area contributed by atoms with Crippen molar-refractivity contribution in [3.63, 3.8) is 0 Å². The van der Waals surface area contributed by atoms with Gasteiger partial charge in [0.25, 0.3) is 5.69 Å². The number of nitro benzene ring substituents is 1. The molecule has 0 aliphatic carbocycles. The smallest absolute Gasteiger partial charge is 0.355 e. The number of ether oxygens (including phenoxy) is 1. The summed E-state index contributed by atoms with van der Waals surface area (Å²) in [5.41, 5.74) is 8.00. The Morgan fingerprint density at radius 3 is 2.54 bits per heavy atom. The Morgan fingerprint density at radius 2 is 1.93 bits per heavy atom. The van der Waals surface area contributed by atoms with Crippen molar-refractivity contribution in [2.75, 3.05) is 12.8 Å². The average molecular weight is 447 g/mol. The largest absolute Gasteiger partial charge is 1.00 e. The van der Waals surface area contributed by atoms with Gasteiger partial charge in [-0.2, -0.15) is 0 Å². The maximum absolute atomic E-state index is 12.6. The van der Waals surface area contributed by atoms with Gasteiger partial charge >= 0.3 is 5.95 Å². The summed E-state index contributed by atoms with van der Waals surface area (Å²) in [5.74, 6) is 0.940. The predicted molar refractivity (Wildman–Crippen MR) is 99.4 cm³/mol. The summed E-state index contributed by atoms with van der Waals surface area (Å²) >= 11 is 0. The molecule has 1 aromatic heterocycles. The first-order valence-corrected chi connectivity index (χ1v) is 8.17. The fourth-order valence-corrected chi connectivity index (χ4v) is 2.81. The summed E-state index contributed by atoms with van der Waals surface area (Å²) < 4.78 is 8.41. The number of nitrogens with two attached hydrogens (primary N) is 1. The number of nitro groups is 1. The van der Waals surface area contributed by atoms with Gasteiger partial charge in [0.15, 0.2) is 5.78 Å². The van der Waals surface area contributed by atoms with Crippen LogP contribution in [0, 0.1) is 10.1 Å². The van der Waals surface area contributed by atoms with Gasteiger partial charge in [-0.25, -0.2) is 9.13 Å². The van der Waals surface area contributed by atoms with E-state index in [4.69, 9.17) is 10.5 Å². The number of hydrogen-bond acceptors (Lipinski definition) is 5. The van der Waals surface area contributed by atoms with Gasteiger partial charge in [0.1, 0.15) is 24.2 Å². The minimum absolute atomic E-state index is 0. The van der Waals surface area contributed by atoms with Gasteiger partial charge in [-0.3, -0.25) is 20.6 Å². The monoisotopic (exact) mass is 446 g/mol. The normalized spacial score (nSPS) is 10.2. The number of imidazole rings is 1. The molecule has 2 N–H and O–H groups in total. The van der Waals surface area contributed by atoms with Crippen LogP contribution in [0.1, 0.15) is 10.4 Å². The number of non-ortho nitro benzene ring substituents is 1. The van der Waals surface area contributed by atoms with Gasteiger partial charge in [-0.05, 0) is 24.3 Å². The van der Waals surface area contributed by atoms with Crippen molar-refractivity contribution in [1.29, 1.82) is 0 Å². The fourth-order valence-electron chi connectivity index (χ4n) is 2.81. The number of halogens is 1. The summed E-state index contributed by atoms with van der Waals surface area (Å²) in [5, 5.41) is 11.0. The maximum atomic E-state index is 12.6. The SMILES string of the molecule is COc1ccc(C(=O)C[n+]2cc(-c3cccc([N+](=O)[O-])c3)n(C)c2N)cc1.[Br-]. The first-order valence-electron chi connectivity index (χ1n) is 8.17. The number of anilines is 1. The molecule has 0 saturated carbocycles. The van der Waals surface area contributed by atoms with Crippen LogP contribution in [-0.4, -0.2) is 22.4 Å². The number of benzene rings is 2. The lowest BCUT2D eigenvalue weighted by Crippen LogP contribution is -3.00. The van der Waals surface area contributed by atoms with Crippen molar-refractivity contribution in [3.05, 3.63) is 70.4 Å². The van der Waals surface area contributed by atoms with E-state index in [1.807, 2.05) is 0 Å². The number of Topliss-reactive ketones (excluding diaryl/α,β-unsaturated/α-hetero) is 1. The average Bonchev–Trinajstić information content (AvgIpc) is 2.96. The molecule has 1 heterocycles. The van der Waals surface area contributed by atoms with Gasteiger partial charge < -0.3 is 21.7 Å². The van der Waals surface area contributed by atoms with E-state index < -0.39 is 4.92 Å². The molecule has 0 aliphatic heterocycles. The molecule has 0 saturated heterocycles. The molecule has 0 spiro atoms. The Hall–Kier alpha value is -3.20. The second-order valence-corrected chi connectivity index (χ2v) is 6.02. The number of nitrogens with zero attached hydrogens (tertiary/aromatic N) is 3. The number of aromatic nitrogens is 2. The molecule has 9 heteroatoms. The van der Waals surface area contributed by atoms with Crippen molar-refractivity contribution in [3.8, 4) is 17.0 Å². The van der Waals surface area contributed by atoms with Crippen molar-refractivity contribution < 1.29 is 36.0 Å². The molecule has 0 unspecified atom stereocenters. The first kappa shape index (κ1) is 21.1. The lowest BCUT2D eigenvalue weighted by Gasteiger charge is -2.02. The van der Waals surface area contributed by atoms with E-state index in [1.54, 1.807) is 65.9 Å². The maximum Gasteiger partial charge on any atom is 0.355 e. The topological polar surface area (TPSA) is 104 Å². The number of methoxy groups -OCH3 is 1. The van der Waals surface area contributed by atoms with Crippen LogP contribution in [0.3, 0.4) is 0 Å². The van der Waals surface area contributed by atoms with Crippen LogP contribution in [0.25, 0.3) is 11.3 Å². The predicted octanol–water partition coefficient (Wildman–Crippen LogP) is -0.634. The summed E-state index contributed by atoms with van der Waals surface area (Å²) in [6, 6.07) is 13.1. The van der Waals surface area contributed by atoms with Crippen molar-refractivity contribution >= 4 is 17.4 Å². The zero-order valence-electron chi connectivity index (χ0n) is 15.3. The summed E-state index contributed by atoms with van der Waals surface area (Å²) in [6.45, 7) is 0.0565. The second-order valence-electron chi connectivity index (χ2n) is 6.02. The lowest BCUT2D eigenvalue weighted by molar-refractivity contribution is -0.667. The van der Waals surface area contributed by atoms with Crippen molar-refractivity contribution in [2.24, 2.45) is 7.05 Å². The Labute approximate surface area is 172 Å². The number of carbonyl (C=O) groups excluding carboxylic acids is 1. The second kappa shape index (κ2) is 8.66. The molecule has 146 valence electrons. The highest BCUT2D eigenvalue weighted by Crippen LogP contribution is 2.24. The number of nitrogen functional groups attached to an aromatic ring is 1. The quantitative estimate of drug-likeness (QED) is 0.235. The van der Waals surface area contributed by atoms with Gasteiger partial charge in [-0.15, -0.1) is 0 Å². The van der Waals surface area contributed by atoms with Gasteiger partial charge in [0.2, 0.25) is 0 Å². The minimum Gasteiger partial charge on any atom is -1.00 e. The Bertz CT molecular complexity index is 1020. The van der Waals surface area contributed by atoms with E-state index in [-0.39, 0.29) is 35.0 Å². The number of hydrogen-bond donors (Lipinski definition) is 1. The third kappa shape index (κ3) is 4.20. The molecule has 2 aromatic carbocycles. The molecule has 8 nitrogen and oxygen atoms in total. The van der Waals surface area contributed by atoms with Crippen LogP contribution in [0.2, 0.25) is 0 Å². The van der Waals surface area contributed by atoms with Crippen LogP contribution in [-0.2, 0) is 13.6 Å². The highest BCUT2D eigenvalue weighted by atomic mass is 79.9. The zero-order valence-corrected chi connectivity index (χ0v) is 16.9. The molecular formula is C19H19BrN4O4. The van der Waals surface area contributed by atoms with Gasteiger partial charge in [-0.1, -0.05) is 12.1 Å². The Balaban J connectivity index is 0.00000280. The number of ketones is 1. The van der Waals surface area contributed by atoms with E-state index in [0.717, 1.165) is 0 Å². The van der Waals surface area contributed by atoms with Crippen LogP contribution < -0.4 is 32.0 Å². The van der Waals surface area contributed by atoms with E-state index >= 15 is 0 Å². The van der Waals surface area contributed by atoms with Crippen LogP contribution in [0.4, 0.5) is 11.6 Å². The Kier molecular flexibility index (Phi) is 6.53. The van der Waals surface area contributed by atoms with E-state index in [1.165, 1.54) is 12.1 Å². The number of rotatable bonds is 6. The molecule has 0 fully saturated rings. The van der Waals surface area contributed by atoms with Gasteiger partial charge in [0.05, 0.1) is 19.1 Å². The molecule has 0 aliphatic rings. The van der Waals surface area contributed by atoms with Crippen LogP contribution >= 0.6 is 0 Å². The minimum atomic E-state index is -0.447. The molecule has 28 heavy (non-hydrogen) atoms.